The van der Waals surface area contributed by atoms with Crippen LogP contribution in [0.1, 0.15) is 52.1 Å². The van der Waals surface area contributed by atoms with Crippen LogP contribution in [0.2, 0.25) is 0 Å². The zero-order valence-corrected chi connectivity index (χ0v) is 22.5. The number of allylic oxidation sites excluding steroid dienone is 2. The van der Waals surface area contributed by atoms with E-state index in [0.717, 1.165) is 41.9 Å². The maximum atomic E-state index is 13.6. The number of hydrogen-bond donors (Lipinski definition) is 1. The summed E-state index contributed by atoms with van der Waals surface area (Å²) >= 11 is 0. The van der Waals surface area contributed by atoms with Gasteiger partial charge in [-0.2, -0.15) is 4.98 Å². The van der Waals surface area contributed by atoms with Gasteiger partial charge < -0.3 is 19.7 Å². The molecule has 0 saturated heterocycles. The van der Waals surface area contributed by atoms with Gasteiger partial charge in [0.1, 0.15) is 17.5 Å². The van der Waals surface area contributed by atoms with Gasteiger partial charge in [0.05, 0.1) is 14.2 Å². The number of carbonyl (C=O) groups excluding carboxylic acids is 1. The van der Waals surface area contributed by atoms with Crippen LogP contribution in [-0.4, -0.2) is 47.9 Å². The third-order valence-corrected chi connectivity index (χ3v) is 7.32. The van der Waals surface area contributed by atoms with E-state index in [2.05, 4.69) is 62.2 Å². The second kappa shape index (κ2) is 9.57. The summed E-state index contributed by atoms with van der Waals surface area (Å²) in [6.45, 7) is 10.5. The van der Waals surface area contributed by atoms with Gasteiger partial charge in [-0.1, -0.05) is 13.8 Å². The van der Waals surface area contributed by atoms with Crippen molar-refractivity contribution in [2.45, 2.75) is 46.6 Å². The zero-order valence-electron chi connectivity index (χ0n) is 22.5. The van der Waals surface area contributed by atoms with Crippen molar-refractivity contribution in [1.82, 2.24) is 14.8 Å². The quantitative estimate of drug-likeness (QED) is 0.460. The third kappa shape index (κ3) is 4.45. The molecule has 1 atom stereocenters. The number of methoxy groups -OCH3 is 2. The molecule has 37 heavy (non-hydrogen) atoms. The lowest BCUT2D eigenvalue weighted by Crippen LogP contribution is -2.36. The Kier molecular flexibility index (Phi) is 6.43. The molecule has 0 saturated carbocycles. The van der Waals surface area contributed by atoms with Crippen LogP contribution in [0.25, 0.3) is 11.4 Å². The summed E-state index contributed by atoms with van der Waals surface area (Å²) in [5.74, 6) is 2.68. The molecule has 1 aliphatic carbocycles. The van der Waals surface area contributed by atoms with E-state index in [1.807, 2.05) is 22.9 Å². The smallest absolute Gasteiger partial charge is 0.226 e. The number of carbonyl (C=O) groups is 1. The van der Waals surface area contributed by atoms with Crippen molar-refractivity contribution in [2.24, 2.45) is 5.41 Å². The highest BCUT2D eigenvalue weighted by molar-refractivity contribution is 6.00. The average Bonchev–Trinajstić information content (AvgIpc) is 3.31. The number of hydrogen-bond acceptors (Lipinski definition) is 7. The van der Waals surface area contributed by atoms with E-state index in [9.17, 15) is 4.79 Å². The van der Waals surface area contributed by atoms with Gasteiger partial charge >= 0.3 is 0 Å². The summed E-state index contributed by atoms with van der Waals surface area (Å²) in [7, 11) is 3.26. The van der Waals surface area contributed by atoms with Crippen molar-refractivity contribution in [3.05, 3.63) is 59.3 Å². The number of anilines is 2. The summed E-state index contributed by atoms with van der Waals surface area (Å²) < 4.78 is 13.0. The number of ketones is 1. The predicted octanol–water partition coefficient (Wildman–Crippen LogP) is 5.47. The standard InChI is InChI=1S/C29H35N5O3/c1-7-33(8-2)19-11-9-18(10-12-19)27-31-28-30-22-16-29(3,4)17-23(35)25(22)26(34(28)32-27)21-14-13-20(36-5)15-24(21)37-6/h9-15,26H,7-8,16-17H2,1-6H3,(H,30,31,32). The Balaban J connectivity index is 1.63. The first-order valence-corrected chi connectivity index (χ1v) is 12.9. The molecule has 2 heterocycles. The van der Waals surface area contributed by atoms with Gasteiger partial charge in [0.25, 0.3) is 0 Å². The molecule has 1 N–H and O–H groups in total. The monoisotopic (exact) mass is 501 g/mol. The third-order valence-electron chi connectivity index (χ3n) is 7.32. The van der Waals surface area contributed by atoms with Crippen LogP contribution >= 0.6 is 0 Å². The Labute approximate surface area is 218 Å². The van der Waals surface area contributed by atoms with E-state index in [4.69, 9.17) is 19.6 Å². The van der Waals surface area contributed by atoms with Crippen LogP contribution in [0.4, 0.5) is 11.6 Å². The SMILES string of the molecule is CCN(CC)c1ccc(-c2nc3n(n2)C(c2ccc(OC)cc2OC)C2=C(CC(C)(C)CC2=O)N3)cc1. The van der Waals surface area contributed by atoms with Crippen LogP contribution in [0.5, 0.6) is 11.5 Å². The van der Waals surface area contributed by atoms with Gasteiger partial charge in [-0.25, -0.2) is 4.68 Å². The molecule has 2 aromatic carbocycles. The molecule has 0 amide bonds. The zero-order chi connectivity index (χ0) is 26.3. The van der Waals surface area contributed by atoms with E-state index >= 15 is 0 Å². The molecule has 1 aliphatic heterocycles. The predicted molar refractivity (Wildman–Crippen MR) is 145 cm³/mol. The first kappa shape index (κ1) is 24.9. The highest BCUT2D eigenvalue weighted by Gasteiger charge is 2.42. The van der Waals surface area contributed by atoms with Gasteiger partial charge in [0.2, 0.25) is 5.95 Å². The number of rotatable bonds is 7. The minimum atomic E-state index is -0.452. The number of ether oxygens (including phenoxy) is 2. The summed E-state index contributed by atoms with van der Waals surface area (Å²) in [6.07, 6.45) is 1.23. The molecule has 0 bridgehead atoms. The molecule has 0 fully saturated rings. The summed E-state index contributed by atoms with van der Waals surface area (Å²) in [5.41, 5.74) is 4.44. The first-order valence-electron chi connectivity index (χ1n) is 12.9. The topological polar surface area (TPSA) is 81.5 Å². The van der Waals surface area contributed by atoms with Crippen molar-refractivity contribution in [1.29, 1.82) is 0 Å². The van der Waals surface area contributed by atoms with Gasteiger partial charge in [0.15, 0.2) is 11.6 Å². The summed E-state index contributed by atoms with van der Waals surface area (Å²) in [4.78, 5) is 20.7. The number of Topliss-reactive ketones (excluding diaryl/α,β-unsaturated/α-hetero) is 1. The van der Waals surface area contributed by atoms with Gasteiger partial charge in [-0.05, 0) is 62.1 Å². The maximum absolute atomic E-state index is 13.6. The van der Waals surface area contributed by atoms with Gasteiger partial charge in [-0.15, -0.1) is 5.10 Å². The molecule has 194 valence electrons. The molecule has 5 rings (SSSR count). The van der Waals surface area contributed by atoms with Crippen molar-refractivity contribution >= 4 is 17.4 Å². The van der Waals surface area contributed by atoms with E-state index in [-0.39, 0.29) is 11.2 Å². The number of benzene rings is 2. The normalized spacial score (nSPS) is 18.1. The van der Waals surface area contributed by atoms with Crippen molar-refractivity contribution in [3.8, 4) is 22.9 Å². The number of nitrogens with one attached hydrogen (secondary N) is 1. The number of nitrogens with zero attached hydrogens (tertiary/aromatic N) is 4. The van der Waals surface area contributed by atoms with Crippen molar-refractivity contribution < 1.29 is 14.3 Å². The first-order chi connectivity index (χ1) is 17.8. The van der Waals surface area contributed by atoms with Crippen LogP contribution in [0, 0.1) is 5.41 Å². The number of fused-ring (bicyclic) bond motifs is 1. The fourth-order valence-electron chi connectivity index (χ4n) is 5.47. The second-order valence-corrected chi connectivity index (χ2v) is 10.4. The fourth-order valence-corrected chi connectivity index (χ4v) is 5.47. The summed E-state index contributed by atoms with van der Waals surface area (Å²) in [6, 6.07) is 13.6. The minimum absolute atomic E-state index is 0.118. The Bertz CT molecular complexity index is 1350. The number of aromatic nitrogens is 3. The highest BCUT2D eigenvalue weighted by Crippen LogP contribution is 2.47. The van der Waals surface area contributed by atoms with E-state index in [1.165, 1.54) is 5.69 Å². The van der Waals surface area contributed by atoms with E-state index < -0.39 is 6.04 Å². The Morgan fingerprint density at radius 3 is 2.43 bits per heavy atom. The Morgan fingerprint density at radius 2 is 1.78 bits per heavy atom. The molecule has 2 aliphatic rings. The highest BCUT2D eigenvalue weighted by atomic mass is 16.5. The van der Waals surface area contributed by atoms with Crippen molar-refractivity contribution in [2.75, 3.05) is 37.5 Å². The van der Waals surface area contributed by atoms with Gasteiger partial charge in [-0.3, -0.25) is 4.79 Å². The van der Waals surface area contributed by atoms with E-state index in [0.29, 0.717) is 29.7 Å². The molecular weight excluding hydrogens is 466 g/mol. The lowest BCUT2D eigenvalue weighted by Gasteiger charge is -2.38. The second-order valence-electron chi connectivity index (χ2n) is 10.4. The maximum Gasteiger partial charge on any atom is 0.226 e. The van der Waals surface area contributed by atoms with Crippen LogP contribution < -0.4 is 19.7 Å². The molecule has 1 unspecified atom stereocenters. The molecule has 8 nitrogen and oxygen atoms in total. The van der Waals surface area contributed by atoms with Crippen LogP contribution in [-0.2, 0) is 4.79 Å². The average molecular weight is 502 g/mol. The van der Waals surface area contributed by atoms with Crippen molar-refractivity contribution in [3.63, 3.8) is 0 Å². The minimum Gasteiger partial charge on any atom is -0.497 e. The Morgan fingerprint density at radius 1 is 1.05 bits per heavy atom. The van der Waals surface area contributed by atoms with E-state index in [1.54, 1.807) is 14.2 Å². The molecule has 1 aromatic heterocycles. The molecule has 0 radical (unpaired) electrons. The molecule has 3 aromatic rings. The van der Waals surface area contributed by atoms with Crippen LogP contribution in [0.15, 0.2) is 53.7 Å². The molecule has 8 heteroatoms. The lowest BCUT2D eigenvalue weighted by molar-refractivity contribution is -0.118. The fraction of sp³-hybridized carbons (Fsp3) is 0.414. The summed E-state index contributed by atoms with van der Waals surface area (Å²) in [5, 5.41) is 8.39. The largest absolute Gasteiger partial charge is 0.497 e. The lowest BCUT2D eigenvalue weighted by atomic mass is 9.73. The van der Waals surface area contributed by atoms with Crippen LogP contribution in [0.3, 0.4) is 0 Å². The molecule has 0 spiro atoms. The molecular formula is C29H35N5O3. The Hall–Kier alpha value is -3.81. The van der Waals surface area contributed by atoms with Gasteiger partial charge in [0, 0.05) is 53.7 Å².